The molecule has 20 heavy (non-hydrogen) atoms. The van der Waals surface area contributed by atoms with Crippen molar-refractivity contribution in [2.75, 3.05) is 19.8 Å². The molecule has 112 valence electrons. The Balaban J connectivity index is 2.37. The fourth-order valence-corrected chi connectivity index (χ4v) is 2.81. The molecule has 0 saturated heterocycles. The second-order valence-corrected chi connectivity index (χ2v) is 6.25. The Kier molecular flexibility index (Phi) is 7.70. The van der Waals surface area contributed by atoms with Gasteiger partial charge in [-0.1, -0.05) is 17.7 Å². The van der Waals surface area contributed by atoms with Gasteiger partial charge in [-0.25, -0.2) is 0 Å². The fraction of sp³-hybridized carbons (Fsp3) is 0.562. The van der Waals surface area contributed by atoms with Gasteiger partial charge in [0.25, 0.3) is 0 Å². The highest BCUT2D eigenvalue weighted by Crippen LogP contribution is 2.27. The number of rotatable bonds is 8. The largest absolute Gasteiger partial charge is 0.382 e. The van der Waals surface area contributed by atoms with E-state index >= 15 is 0 Å². The van der Waals surface area contributed by atoms with Crippen LogP contribution in [0.15, 0.2) is 23.1 Å². The molecule has 1 aromatic rings. The molecule has 0 aliphatic heterocycles. The normalized spacial score (nSPS) is 12.2. The standard InChI is InChI=1S/C16H25NO2S/c1-5-19-10-6-9-17-16(18)14(4)20-15-8-7-12(2)11-13(15)3/h7-8,11,14H,5-6,9-10H2,1-4H3,(H,17,18). The van der Waals surface area contributed by atoms with Gasteiger partial charge in [-0.15, -0.1) is 11.8 Å². The summed E-state index contributed by atoms with van der Waals surface area (Å²) in [5, 5.41) is 2.87. The van der Waals surface area contributed by atoms with Gasteiger partial charge in [0.15, 0.2) is 0 Å². The zero-order chi connectivity index (χ0) is 15.0. The number of nitrogens with one attached hydrogen (secondary N) is 1. The summed E-state index contributed by atoms with van der Waals surface area (Å²) in [6.45, 7) is 10.2. The number of hydrogen-bond acceptors (Lipinski definition) is 3. The van der Waals surface area contributed by atoms with Gasteiger partial charge >= 0.3 is 0 Å². The smallest absolute Gasteiger partial charge is 0.233 e. The fourth-order valence-electron chi connectivity index (χ4n) is 1.85. The molecular formula is C16H25NO2S. The van der Waals surface area contributed by atoms with E-state index in [1.165, 1.54) is 16.0 Å². The highest BCUT2D eigenvalue weighted by molar-refractivity contribution is 8.00. The first-order chi connectivity index (χ1) is 9.54. The molecule has 0 aromatic heterocycles. The van der Waals surface area contributed by atoms with Gasteiger partial charge < -0.3 is 10.1 Å². The molecule has 1 unspecified atom stereocenters. The maximum Gasteiger partial charge on any atom is 0.233 e. The second-order valence-electron chi connectivity index (χ2n) is 4.87. The Hall–Kier alpha value is -1.00. The van der Waals surface area contributed by atoms with E-state index in [2.05, 4.69) is 37.4 Å². The van der Waals surface area contributed by atoms with Crippen molar-refractivity contribution in [1.29, 1.82) is 0 Å². The highest BCUT2D eigenvalue weighted by Gasteiger charge is 2.14. The Morgan fingerprint density at radius 2 is 2.15 bits per heavy atom. The van der Waals surface area contributed by atoms with E-state index < -0.39 is 0 Å². The molecule has 1 atom stereocenters. The lowest BCUT2D eigenvalue weighted by atomic mass is 10.2. The van der Waals surface area contributed by atoms with Gasteiger partial charge in [0.1, 0.15) is 0 Å². The van der Waals surface area contributed by atoms with Gasteiger partial charge in [-0.3, -0.25) is 4.79 Å². The quantitative estimate of drug-likeness (QED) is 0.590. The van der Waals surface area contributed by atoms with E-state index in [1.54, 1.807) is 11.8 Å². The Morgan fingerprint density at radius 1 is 1.40 bits per heavy atom. The van der Waals surface area contributed by atoms with Crippen LogP contribution >= 0.6 is 11.8 Å². The number of carbonyl (C=O) groups is 1. The van der Waals surface area contributed by atoms with Crippen LogP contribution in [0.5, 0.6) is 0 Å². The van der Waals surface area contributed by atoms with Crippen molar-refractivity contribution in [3.8, 4) is 0 Å². The summed E-state index contributed by atoms with van der Waals surface area (Å²) in [6.07, 6.45) is 0.862. The molecule has 0 aliphatic carbocycles. The van der Waals surface area contributed by atoms with E-state index in [1.807, 2.05) is 13.8 Å². The van der Waals surface area contributed by atoms with Crippen LogP contribution in [-0.4, -0.2) is 30.9 Å². The van der Waals surface area contributed by atoms with Crippen molar-refractivity contribution in [1.82, 2.24) is 5.32 Å². The van der Waals surface area contributed by atoms with Crippen LogP contribution in [0.3, 0.4) is 0 Å². The summed E-state index contributed by atoms with van der Waals surface area (Å²) in [5.74, 6) is 0.0893. The molecule has 4 heteroatoms. The first kappa shape index (κ1) is 17.1. The highest BCUT2D eigenvalue weighted by atomic mass is 32.2. The molecule has 1 rings (SSSR count). The number of aryl methyl sites for hydroxylation is 2. The van der Waals surface area contributed by atoms with Crippen LogP contribution in [-0.2, 0) is 9.53 Å². The van der Waals surface area contributed by atoms with Crippen molar-refractivity contribution in [3.05, 3.63) is 29.3 Å². The number of ether oxygens (including phenoxy) is 1. The van der Waals surface area contributed by atoms with Crippen molar-refractivity contribution >= 4 is 17.7 Å². The summed E-state index contributed by atoms with van der Waals surface area (Å²) in [7, 11) is 0. The molecule has 1 N–H and O–H groups in total. The van der Waals surface area contributed by atoms with E-state index in [0.29, 0.717) is 13.2 Å². The van der Waals surface area contributed by atoms with E-state index in [0.717, 1.165) is 13.0 Å². The molecule has 0 fully saturated rings. The molecule has 0 radical (unpaired) electrons. The van der Waals surface area contributed by atoms with Crippen molar-refractivity contribution in [2.45, 2.75) is 44.3 Å². The monoisotopic (exact) mass is 295 g/mol. The molecule has 1 aromatic carbocycles. The lowest BCUT2D eigenvalue weighted by molar-refractivity contribution is -0.120. The number of carbonyl (C=O) groups excluding carboxylic acids is 1. The molecule has 3 nitrogen and oxygen atoms in total. The summed E-state index contributed by atoms with van der Waals surface area (Å²) >= 11 is 1.61. The van der Waals surface area contributed by atoms with Crippen LogP contribution in [0.1, 0.15) is 31.4 Å². The predicted octanol–water partition coefficient (Wildman–Crippen LogP) is 3.33. The topological polar surface area (TPSA) is 38.3 Å². The molecule has 0 bridgehead atoms. The minimum absolute atomic E-state index is 0.0801. The Labute approximate surface area is 126 Å². The zero-order valence-corrected chi connectivity index (χ0v) is 13.7. The Bertz CT molecular complexity index is 434. The minimum atomic E-state index is -0.0801. The minimum Gasteiger partial charge on any atom is -0.382 e. The van der Waals surface area contributed by atoms with Crippen LogP contribution in [0.2, 0.25) is 0 Å². The summed E-state index contributed by atoms with van der Waals surface area (Å²) in [4.78, 5) is 13.2. The number of hydrogen-bond donors (Lipinski definition) is 1. The molecular weight excluding hydrogens is 270 g/mol. The van der Waals surface area contributed by atoms with Gasteiger partial charge in [0, 0.05) is 24.7 Å². The molecule has 0 aliphatic rings. The first-order valence-corrected chi connectivity index (χ1v) is 8.02. The van der Waals surface area contributed by atoms with E-state index in [4.69, 9.17) is 4.74 Å². The van der Waals surface area contributed by atoms with Crippen molar-refractivity contribution in [2.24, 2.45) is 0 Å². The molecule has 0 heterocycles. The average molecular weight is 295 g/mol. The van der Waals surface area contributed by atoms with E-state index in [-0.39, 0.29) is 11.2 Å². The summed E-state index contributed by atoms with van der Waals surface area (Å²) < 4.78 is 5.24. The third-order valence-electron chi connectivity index (χ3n) is 2.97. The van der Waals surface area contributed by atoms with Gasteiger partial charge in [-0.05, 0) is 45.7 Å². The molecule has 0 spiro atoms. The number of amides is 1. The van der Waals surface area contributed by atoms with Gasteiger partial charge in [0.2, 0.25) is 5.91 Å². The maximum absolute atomic E-state index is 12.0. The van der Waals surface area contributed by atoms with Crippen molar-refractivity contribution in [3.63, 3.8) is 0 Å². The van der Waals surface area contributed by atoms with Crippen LogP contribution < -0.4 is 5.32 Å². The number of thioether (sulfide) groups is 1. The molecule has 1 amide bonds. The van der Waals surface area contributed by atoms with Crippen molar-refractivity contribution < 1.29 is 9.53 Å². The van der Waals surface area contributed by atoms with Crippen LogP contribution in [0.25, 0.3) is 0 Å². The first-order valence-electron chi connectivity index (χ1n) is 7.14. The summed E-state index contributed by atoms with van der Waals surface area (Å²) in [5.41, 5.74) is 2.48. The van der Waals surface area contributed by atoms with Crippen LogP contribution in [0.4, 0.5) is 0 Å². The lowest BCUT2D eigenvalue weighted by Crippen LogP contribution is -2.32. The van der Waals surface area contributed by atoms with Gasteiger partial charge in [0.05, 0.1) is 5.25 Å². The van der Waals surface area contributed by atoms with E-state index in [9.17, 15) is 4.79 Å². The third-order valence-corrected chi connectivity index (χ3v) is 4.25. The lowest BCUT2D eigenvalue weighted by Gasteiger charge is -2.13. The maximum atomic E-state index is 12.0. The zero-order valence-electron chi connectivity index (χ0n) is 12.9. The second kappa shape index (κ2) is 9.03. The average Bonchev–Trinajstić information content (AvgIpc) is 2.41. The molecule has 0 saturated carbocycles. The van der Waals surface area contributed by atoms with Gasteiger partial charge in [-0.2, -0.15) is 0 Å². The Morgan fingerprint density at radius 3 is 2.80 bits per heavy atom. The SMILES string of the molecule is CCOCCCNC(=O)C(C)Sc1ccc(C)cc1C. The summed E-state index contributed by atoms with van der Waals surface area (Å²) in [6, 6.07) is 6.32. The predicted molar refractivity (Wildman–Crippen MR) is 85.4 cm³/mol. The third kappa shape index (κ3) is 5.97. The number of benzene rings is 1. The van der Waals surface area contributed by atoms with Crippen LogP contribution in [0, 0.1) is 13.8 Å².